The molecule has 0 aliphatic carbocycles. The maximum Gasteiger partial charge on any atom is 0.316 e. The minimum atomic E-state index is -0.877. The van der Waals surface area contributed by atoms with E-state index >= 15 is 0 Å². The van der Waals surface area contributed by atoms with Gasteiger partial charge in [-0.2, -0.15) is 12.6 Å². The summed E-state index contributed by atoms with van der Waals surface area (Å²) in [5.41, 5.74) is 0. The average Bonchev–Trinajstić information content (AvgIpc) is 1.36. The second-order valence-corrected chi connectivity index (χ2v) is 1.79. The molecule has 0 aromatic rings. The third kappa shape index (κ3) is 6.11. The van der Waals surface area contributed by atoms with E-state index in [0.29, 0.717) is 0 Å². The van der Waals surface area contributed by atoms with Crippen LogP contribution in [0.5, 0.6) is 0 Å². The monoisotopic (exact) mass is 142 g/mol. The van der Waals surface area contributed by atoms with Gasteiger partial charge in [-0.1, -0.05) is 0 Å². The van der Waals surface area contributed by atoms with Gasteiger partial charge in [0.15, 0.2) is 0 Å². The Balaban J connectivity index is 0. The zero-order valence-corrected chi connectivity index (χ0v) is 5.50. The summed E-state index contributed by atoms with van der Waals surface area (Å²) in [4.78, 5) is 9.62. The molecule has 1 atom stereocenters. The van der Waals surface area contributed by atoms with Crippen LogP contribution in [0.1, 0.15) is 6.92 Å². The van der Waals surface area contributed by atoms with E-state index in [1.165, 1.54) is 6.92 Å². The summed E-state index contributed by atoms with van der Waals surface area (Å²) in [6, 6.07) is 0. The van der Waals surface area contributed by atoms with Crippen molar-refractivity contribution in [2.24, 2.45) is 0 Å². The van der Waals surface area contributed by atoms with Crippen molar-refractivity contribution >= 4 is 31.0 Å². The first-order chi connectivity index (χ1) is 2.64. The Labute approximate surface area is 53.7 Å². The fraction of sp³-hybridized carbons (Fsp3) is 0.667. The highest BCUT2D eigenvalue weighted by atomic mass is 35.5. The maximum atomic E-state index is 9.62. The average molecular weight is 143 g/mol. The van der Waals surface area contributed by atoms with Crippen molar-refractivity contribution in [1.29, 1.82) is 0 Å². The standard InChI is InChI=1S/C3H6O2S.ClH/c1-2(6)3(4)5;/h2,6H,1H3,(H,4,5);1H. The molecule has 2 nitrogen and oxygen atoms in total. The SMILES string of the molecule is CC(S)C(=O)O.Cl. The highest BCUT2D eigenvalue weighted by Gasteiger charge is 2.00. The number of rotatable bonds is 1. The number of carboxylic acids is 1. The van der Waals surface area contributed by atoms with Gasteiger partial charge in [0.1, 0.15) is 0 Å². The molecule has 1 N–H and O–H groups in total. The second kappa shape index (κ2) is 4.27. The van der Waals surface area contributed by atoms with E-state index in [9.17, 15) is 4.79 Å². The van der Waals surface area contributed by atoms with E-state index in [1.807, 2.05) is 0 Å². The van der Waals surface area contributed by atoms with Gasteiger partial charge in [0.05, 0.1) is 5.25 Å². The van der Waals surface area contributed by atoms with E-state index < -0.39 is 11.2 Å². The number of halogens is 1. The van der Waals surface area contributed by atoms with Crippen LogP contribution >= 0.6 is 25.0 Å². The lowest BCUT2D eigenvalue weighted by Gasteiger charge is -1.88. The van der Waals surface area contributed by atoms with E-state index in [-0.39, 0.29) is 12.4 Å². The lowest BCUT2D eigenvalue weighted by atomic mass is 10.5. The predicted molar refractivity (Wildman–Crippen MR) is 33.3 cm³/mol. The molecule has 0 rings (SSSR count). The van der Waals surface area contributed by atoms with Crippen molar-refractivity contribution in [3.8, 4) is 0 Å². The van der Waals surface area contributed by atoms with Crippen LogP contribution in [0.25, 0.3) is 0 Å². The summed E-state index contributed by atoms with van der Waals surface area (Å²) < 4.78 is 0. The van der Waals surface area contributed by atoms with Gasteiger partial charge in [-0.05, 0) is 6.92 Å². The van der Waals surface area contributed by atoms with E-state index in [1.54, 1.807) is 0 Å². The van der Waals surface area contributed by atoms with Gasteiger partial charge in [-0.25, -0.2) is 0 Å². The van der Waals surface area contributed by atoms with Gasteiger partial charge in [0.2, 0.25) is 0 Å². The van der Waals surface area contributed by atoms with E-state index in [2.05, 4.69) is 12.6 Å². The second-order valence-electron chi connectivity index (χ2n) is 1.01. The lowest BCUT2D eigenvalue weighted by molar-refractivity contribution is -0.136. The molecule has 0 amide bonds. The van der Waals surface area contributed by atoms with Crippen LogP contribution in [0, 0.1) is 0 Å². The number of aliphatic carboxylic acids is 1. The van der Waals surface area contributed by atoms with Crippen LogP contribution in [-0.2, 0) is 4.79 Å². The highest BCUT2D eigenvalue weighted by molar-refractivity contribution is 7.81. The van der Waals surface area contributed by atoms with Crippen molar-refractivity contribution in [3.05, 3.63) is 0 Å². The Hall–Kier alpha value is 0.110. The fourth-order valence-corrected chi connectivity index (χ4v) is 0. The van der Waals surface area contributed by atoms with Gasteiger partial charge in [-0.15, -0.1) is 12.4 Å². The highest BCUT2D eigenvalue weighted by Crippen LogP contribution is 1.88. The van der Waals surface area contributed by atoms with E-state index in [4.69, 9.17) is 5.11 Å². The number of hydrogen-bond acceptors (Lipinski definition) is 2. The van der Waals surface area contributed by atoms with Crippen molar-refractivity contribution < 1.29 is 9.90 Å². The molecule has 4 heteroatoms. The normalized spacial score (nSPS) is 11.7. The molecule has 0 aliphatic rings. The fourth-order valence-electron chi connectivity index (χ4n) is 0. The molecule has 0 bridgehead atoms. The first-order valence-corrected chi connectivity index (χ1v) is 2.07. The Morgan fingerprint density at radius 3 is 2.00 bits per heavy atom. The van der Waals surface area contributed by atoms with Crippen LogP contribution in [0.4, 0.5) is 0 Å². The zero-order chi connectivity index (χ0) is 5.15. The van der Waals surface area contributed by atoms with Gasteiger partial charge in [0, 0.05) is 0 Å². The molecule has 0 spiro atoms. The van der Waals surface area contributed by atoms with Crippen molar-refractivity contribution in [2.45, 2.75) is 12.2 Å². The molecule has 44 valence electrons. The molecule has 0 saturated heterocycles. The van der Waals surface area contributed by atoms with Crippen LogP contribution < -0.4 is 0 Å². The van der Waals surface area contributed by atoms with Crippen molar-refractivity contribution in [2.75, 3.05) is 0 Å². The molecule has 0 aliphatic heterocycles. The summed E-state index contributed by atoms with van der Waals surface area (Å²) in [5, 5.41) is 7.38. The van der Waals surface area contributed by atoms with E-state index in [0.717, 1.165) is 0 Å². The lowest BCUT2D eigenvalue weighted by Crippen LogP contribution is -2.06. The zero-order valence-electron chi connectivity index (χ0n) is 3.79. The summed E-state index contributed by atoms with van der Waals surface area (Å²) in [7, 11) is 0. The number of hydrogen-bond donors (Lipinski definition) is 2. The largest absolute Gasteiger partial charge is 0.480 e. The van der Waals surface area contributed by atoms with Gasteiger partial charge in [0.25, 0.3) is 0 Å². The molecule has 7 heavy (non-hydrogen) atoms. The molecule has 0 saturated carbocycles. The molecule has 1 unspecified atom stereocenters. The smallest absolute Gasteiger partial charge is 0.316 e. The Kier molecular flexibility index (Phi) is 6.21. The number of carbonyl (C=O) groups is 1. The van der Waals surface area contributed by atoms with Crippen LogP contribution in [0.2, 0.25) is 0 Å². The Morgan fingerprint density at radius 2 is 2.00 bits per heavy atom. The topological polar surface area (TPSA) is 37.3 Å². The molecule has 0 aromatic carbocycles. The van der Waals surface area contributed by atoms with Crippen LogP contribution in [0.15, 0.2) is 0 Å². The predicted octanol–water partition coefficient (Wildman–Crippen LogP) is 0.811. The van der Waals surface area contributed by atoms with Crippen LogP contribution in [0.3, 0.4) is 0 Å². The molecule has 0 aromatic heterocycles. The summed E-state index contributed by atoms with van der Waals surface area (Å²) in [6.45, 7) is 1.51. The summed E-state index contributed by atoms with van der Waals surface area (Å²) in [5.74, 6) is -0.877. The molecule has 0 fully saturated rings. The molecule has 0 heterocycles. The summed E-state index contributed by atoms with van der Waals surface area (Å²) in [6.07, 6.45) is 0. The Morgan fingerprint density at radius 1 is 1.86 bits per heavy atom. The maximum absolute atomic E-state index is 9.62. The molecule has 0 radical (unpaired) electrons. The van der Waals surface area contributed by atoms with Gasteiger partial charge >= 0.3 is 5.97 Å². The number of thiol groups is 1. The first kappa shape index (κ1) is 10.2. The minimum Gasteiger partial charge on any atom is -0.480 e. The quantitative estimate of drug-likeness (QED) is 0.532. The van der Waals surface area contributed by atoms with Crippen molar-refractivity contribution in [1.82, 2.24) is 0 Å². The summed E-state index contributed by atoms with van der Waals surface area (Å²) >= 11 is 3.59. The minimum absolute atomic E-state index is 0. The first-order valence-electron chi connectivity index (χ1n) is 1.55. The molecular formula is C3H7ClO2S. The van der Waals surface area contributed by atoms with Crippen molar-refractivity contribution in [3.63, 3.8) is 0 Å². The van der Waals surface area contributed by atoms with Gasteiger partial charge in [-0.3, -0.25) is 4.79 Å². The Bertz CT molecular complexity index is 64.0. The third-order valence-corrected chi connectivity index (χ3v) is 0.578. The van der Waals surface area contributed by atoms with Gasteiger partial charge < -0.3 is 5.11 Å². The van der Waals surface area contributed by atoms with Crippen LogP contribution in [-0.4, -0.2) is 16.3 Å². The molecular weight excluding hydrogens is 136 g/mol. The number of carboxylic acid groups (broad SMARTS) is 1. The third-order valence-electron chi connectivity index (χ3n) is 0.357.